The third-order valence-corrected chi connectivity index (χ3v) is 22.9. The predicted molar refractivity (Wildman–Crippen MR) is 436 cm³/mol. The van der Waals surface area contributed by atoms with Gasteiger partial charge >= 0.3 is 17.9 Å². The molecular formula is C91H91F3N10O9. The van der Waals surface area contributed by atoms with Gasteiger partial charge in [0.05, 0.1) is 59.6 Å². The van der Waals surface area contributed by atoms with Gasteiger partial charge in [-0.3, -0.25) is 28.4 Å². The molecule has 0 spiro atoms. The number of benzene rings is 9. The molecule has 580 valence electrons. The first kappa shape index (κ1) is 77.7. The summed E-state index contributed by atoms with van der Waals surface area (Å²) in [5.74, 6) is -1.36. The predicted octanol–water partition coefficient (Wildman–Crippen LogP) is 17.1. The third kappa shape index (κ3) is 16.8. The Morgan fingerprint density at radius 2 is 0.770 bits per heavy atom. The minimum Gasteiger partial charge on any atom is -0.466 e. The van der Waals surface area contributed by atoms with Crippen molar-refractivity contribution in [3.63, 3.8) is 0 Å². The Labute approximate surface area is 653 Å². The van der Waals surface area contributed by atoms with Gasteiger partial charge in [-0.15, -0.1) is 0 Å². The lowest BCUT2D eigenvalue weighted by molar-refractivity contribution is -0.135. The lowest BCUT2D eigenvalue weighted by Crippen LogP contribution is -2.41. The van der Waals surface area contributed by atoms with Crippen molar-refractivity contribution in [3.05, 3.63) is 233 Å². The number of fused-ring (bicyclic) bond motifs is 8. The van der Waals surface area contributed by atoms with Crippen LogP contribution in [0.1, 0.15) is 104 Å². The monoisotopic (exact) mass is 1520 g/mol. The van der Waals surface area contributed by atoms with E-state index in [1.807, 2.05) is 150 Å². The number of aromatic nitrogens is 6. The summed E-state index contributed by atoms with van der Waals surface area (Å²) in [6.45, 7) is 2.40. The van der Waals surface area contributed by atoms with Gasteiger partial charge < -0.3 is 33.8 Å². The normalized spacial score (nSPS) is 16.7. The molecule has 4 heterocycles. The number of hydrogen-bond donors (Lipinski definition) is 0. The van der Waals surface area contributed by atoms with E-state index in [0.29, 0.717) is 55.9 Å². The summed E-state index contributed by atoms with van der Waals surface area (Å²) >= 11 is 0. The highest BCUT2D eigenvalue weighted by atomic mass is 19.1. The fraction of sp³-hybridized carbons (Fsp3) is 0.308. The van der Waals surface area contributed by atoms with Crippen molar-refractivity contribution in [1.82, 2.24) is 34.2 Å². The van der Waals surface area contributed by atoms with Crippen LogP contribution in [0.4, 0.5) is 30.2 Å². The third-order valence-electron chi connectivity index (χ3n) is 22.9. The van der Waals surface area contributed by atoms with Crippen molar-refractivity contribution in [2.24, 2.45) is 50.7 Å². The van der Waals surface area contributed by atoms with E-state index in [1.165, 1.54) is 46.0 Å². The quantitative estimate of drug-likeness (QED) is 0.0447. The molecule has 3 amide bonds. The molecule has 3 aromatic heterocycles. The highest BCUT2D eigenvalue weighted by Gasteiger charge is 2.45. The summed E-state index contributed by atoms with van der Waals surface area (Å²) in [6, 6.07) is 45.4. The molecule has 2 bridgehead atoms. The molecule has 19 nitrogen and oxygen atoms in total. The Hall–Kier alpha value is -12.0. The molecule has 16 rings (SSSR count). The highest BCUT2D eigenvalue weighted by Crippen LogP contribution is 2.50. The molecule has 3 atom stereocenters. The number of carbonyl (C=O) groups is 6. The molecular weight excluding hydrogens is 1430 g/mol. The second-order valence-corrected chi connectivity index (χ2v) is 30.1. The van der Waals surface area contributed by atoms with Gasteiger partial charge in [-0.1, -0.05) is 117 Å². The topological polar surface area (TPSA) is 197 Å². The van der Waals surface area contributed by atoms with Crippen LogP contribution in [0.2, 0.25) is 0 Å². The van der Waals surface area contributed by atoms with E-state index >= 15 is 13.2 Å². The maximum Gasteiger partial charge on any atom is 0.330 e. The number of methoxy groups -OCH3 is 3. The first-order valence-electron chi connectivity index (χ1n) is 38.5. The average Bonchev–Trinajstić information content (AvgIpc) is 1.74. The zero-order valence-electron chi connectivity index (χ0n) is 64.5. The largest absolute Gasteiger partial charge is 0.466 e. The number of nitrogens with zero attached hydrogens (tertiary/aromatic N) is 10. The molecule has 1 saturated heterocycles. The van der Waals surface area contributed by atoms with Crippen LogP contribution in [0.3, 0.4) is 0 Å². The molecule has 0 N–H and O–H groups in total. The molecule has 4 fully saturated rings. The number of halogens is 3. The first-order chi connectivity index (χ1) is 54.7. The van der Waals surface area contributed by atoms with E-state index in [-0.39, 0.29) is 72.6 Å². The van der Waals surface area contributed by atoms with Crippen LogP contribution in [0.5, 0.6) is 0 Å². The Morgan fingerprint density at radius 3 is 1.12 bits per heavy atom. The van der Waals surface area contributed by atoms with E-state index in [2.05, 4.69) is 27.2 Å². The van der Waals surface area contributed by atoms with Gasteiger partial charge in [-0.05, 0) is 199 Å². The molecule has 3 aliphatic carbocycles. The van der Waals surface area contributed by atoms with E-state index in [1.54, 1.807) is 81.8 Å². The van der Waals surface area contributed by atoms with E-state index in [0.717, 1.165) is 149 Å². The minimum absolute atomic E-state index is 0.0196. The fourth-order valence-electron chi connectivity index (χ4n) is 17.0. The number of carbonyl (C=O) groups excluding carboxylic acids is 6. The van der Waals surface area contributed by atoms with Gasteiger partial charge in [-0.25, -0.2) is 27.6 Å². The van der Waals surface area contributed by atoms with Gasteiger partial charge in [0, 0.05) is 107 Å². The van der Waals surface area contributed by atoms with Gasteiger partial charge in [0.15, 0.2) is 17.5 Å². The zero-order valence-corrected chi connectivity index (χ0v) is 64.5. The van der Waals surface area contributed by atoms with Crippen LogP contribution in [0, 0.1) is 47.0 Å². The molecule has 113 heavy (non-hydrogen) atoms. The average molecular weight is 1530 g/mol. The molecule has 0 radical (unpaired) electrons. The second-order valence-electron chi connectivity index (χ2n) is 30.1. The first-order valence-corrected chi connectivity index (χ1v) is 38.5. The lowest BCUT2D eigenvalue weighted by Gasteiger charge is -2.33. The summed E-state index contributed by atoms with van der Waals surface area (Å²) < 4.78 is 66.5. The minimum atomic E-state index is -0.456. The fourth-order valence-corrected chi connectivity index (χ4v) is 17.0. The Bertz CT molecular complexity index is 5730. The number of piperidine rings is 1. The molecule has 1 unspecified atom stereocenters. The Kier molecular flexibility index (Phi) is 23.6. The highest BCUT2D eigenvalue weighted by molar-refractivity contribution is 6.05. The smallest absolute Gasteiger partial charge is 0.330 e. The van der Waals surface area contributed by atoms with Gasteiger partial charge in [0.25, 0.3) is 0 Å². The van der Waals surface area contributed by atoms with Gasteiger partial charge in [-0.2, -0.15) is 15.3 Å². The van der Waals surface area contributed by atoms with Crippen molar-refractivity contribution < 1.29 is 56.1 Å². The van der Waals surface area contributed by atoms with E-state index in [4.69, 9.17) is 14.2 Å². The SMILES string of the molecule is COC(=O)/C=C/c1cccc(N(Cc2cccc3cc4cnn(C)c4c(F)c23)C(=O)C2CCCCC2)c1.COC(=O)/C=C/c1cccc(N(Cc2cccc3cc4cnn(C)c4c(F)c23)C(=O)C2CCN(C)CC2)c1.COC(=O)/C=C/c1cccc(N(Cc2cccc3cc4cnn(C)c4c(F)c23)C(=O)C2C[C@H]3CC[C@@H]2C3)c1. The standard InChI is InChI=1S/C31H30FN3O3.C30H31FN4O3.C30H30FN3O3/c1-34-30-24(17-33-34)16-22-6-4-7-23(28(22)29(30)32)18-35(31(37)26-15-20-9-11-21(26)13-20)25-8-3-5-19(14-25)10-12-27(36)38-2;1-33-14-12-21(13-15-33)30(37)35(25-9-4-6-20(16-25)10-11-26(36)38-3)19-23-8-5-7-22-17-24-18-32-34(2)29(24)28(31)27(22)23;1-33-29-24(18-32-33)17-22-11-7-12-23(27(22)28(29)31)19-34(30(36)21-9-4-3-5-10-21)25-13-6-8-20(16-25)14-15-26(35)37-2/h3-8,10,12,14,16-17,20-21,26H,9,11,13,15,18H2,1-2H3;4-11,16-18,21H,12-15,19H2,1-3H3;6-8,11-18,21H,3-5,9-10,19H2,1-2H3/b12-10+;11-10+;15-14+/t20-,21+,26?;;/m0../s1. The number of amides is 3. The maximum absolute atomic E-state index is 16.0. The number of esters is 3. The van der Waals surface area contributed by atoms with Gasteiger partial charge in [0.2, 0.25) is 17.7 Å². The van der Waals surface area contributed by atoms with Crippen molar-refractivity contribution in [1.29, 1.82) is 0 Å². The molecule has 3 saturated carbocycles. The van der Waals surface area contributed by atoms with Crippen LogP contribution >= 0.6 is 0 Å². The summed E-state index contributed by atoms with van der Waals surface area (Å²) in [4.78, 5) is 84.4. The Morgan fingerprint density at radius 1 is 0.416 bits per heavy atom. The molecule has 22 heteroatoms. The molecule has 4 aliphatic rings. The van der Waals surface area contributed by atoms with Crippen molar-refractivity contribution in [2.45, 2.75) is 90.3 Å². The number of anilines is 3. The summed E-state index contributed by atoms with van der Waals surface area (Å²) in [6.07, 6.45) is 24.9. The lowest BCUT2D eigenvalue weighted by atomic mass is 9.87. The van der Waals surface area contributed by atoms with Crippen molar-refractivity contribution in [3.8, 4) is 0 Å². The van der Waals surface area contributed by atoms with Crippen molar-refractivity contribution >= 4 is 136 Å². The van der Waals surface area contributed by atoms with Crippen molar-refractivity contribution in [2.75, 3.05) is 56.2 Å². The second kappa shape index (κ2) is 34.3. The van der Waals surface area contributed by atoms with Gasteiger partial charge in [0.1, 0.15) is 16.6 Å². The summed E-state index contributed by atoms with van der Waals surface area (Å²) in [5, 5.41) is 18.7. The van der Waals surface area contributed by atoms with E-state index in [9.17, 15) is 28.8 Å². The van der Waals surface area contributed by atoms with E-state index < -0.39 is 17.9 Å². The molecule has 12 aromatic rings. The molecule has 9 aromatic carbocycles. The van der Waals surface area contributed by atoms with Crippen LogP contribution in [0.15, 0.2) is 182 Å². The molecule has 1 aliphatic heterocycles. The van der Waals surface area contributed by atoms with Crippen LogP contribution in [-0.4, -0.2) is 111 Å². The summed E-state index contributed by atoms with van der Waals surface area (Å²) in [7, 11) is 11.2. The number of ether oxygens (including phenoxy) is 3. The van der Waals surface area contributed by atoms with Crippen LogP contribution < -0.4 is 14.7 Å². The number of likely N-dealkylation sites (tertiary alicyclic amines) is 1. The zero-order chi connectivity index (χ0) is 79.1. The number of aryl methyl sites for hydroxylation is 3. The summed E-state index contributed by atoms with van der Waals surface area (Å²) in [5.41, 5.74) is 7.97. The van der Waals surface area contributed by atoms with Crippen LogP contribution in [-0.2, 0) is 83.8 Å². The van der Waals surface area contributed by atoms with Crippen LogP contribution in [0.25, 0.3) is 83.3 Å². The number of hydrogen-bond acceptors (Lipinski definition) is 13. The number of rotatable bonds is 18. The Balaban J connectivity index is 0.000000141. The maximum atomic E-state index is 16.0.